The van der Waals surface area contributed by atoms with E-state index in [1.165, 1.54) is 18.6 Å². The highest BCUT2D eigenvalue weighted by Crippen LogP contribution is 2.45. The Morgan fingerprint density at radius 2 is 1.60 bits per heavy atom. The number of aromatic nitrogens is 1. The van der Waals surface area contributed by atoms with Gasteiger partial charge in [-0.3, -0.25) is 9.59 Å². The molecule has 0 aliphatic rings. The van der Waals surface area contributed by atoms with Gasteiger partial charge in [0.2, 0.25) is 17.6 Å². The second kappa shape index (κ2) is 12.2. The second-order valence-corrected chi connectivity index (χ2v) is 7.97. The molecule has 1 heterocycles. The molecule has 5 N–H and O–H groups in total. The zero-order chi connectivity index (χ0) is 24.8. The summed E-state index contributed by atoms with van der Waals surface area (Å²) in [6.45, 7) is 0. The molecule has 2 amide bonds. The van der Waals surface area contributed by atoms with Crippen LogP contribution in [0.4, 0.5) is 5.69 Å². The number of anilines is 1. The Morgan fingerprint density at radius 3 is 2.14 bits per heavy atom. The number of nitrogens with zero attached hydrogens (tertiary/aromatic N) is 1. The fourth-order valence-electron chi connectivity index (χ4n) is 3.37. The number of rotatable bonds is 10. The van der Waals surface area contributed by atoms with Crippen molar-refractivity contribution in [3.05, 3.63) is 36.5 Å². The van der Waals surface area contributed by atoms with Gasteiger partial charge >= 0.3 is 0 Å². The molecule has 0 spiro atoms. The lowest BCUT2D eigenvalue weighted by atomic mass is 10.0. The Bertz CT molecular complexity index is 1180. The lowest BCUT2D eigenvalue weighted by Gasteiger charge is -2.16. The second-order valence-electron chi connectivity index (χ2n) is 7.16. The standard InChI is InChI=1S/C23H26N4O6S.ClH/c1-30-17-6-5-12(7-16(17)27-23(29)15(24)10-20(25)28)14-11-26-34-22(14)13-8-18(31-2)21(33-4)19(9-13)32-3;/h5-9,11,15H,10,24H2,1-4H3,(H2,25,28)(H,27,29);1H. The van der Waals surface area contributed by atoms with E-state index in [0.717, 1.165) is 21.6 Å². The SMILES string of the molecule is COc1ccc(-c2cnsc2-c2cc(OC)c(OC)c(OC)c2)cc1NC(=O)C(N)CC(N)=O.Cl. The molecule has 0 radical (unpaired) electrons. The van der Waals surface area contributed by atoms with Gasteiger partial charge in [-0.25, -0.2) is 0 Å². The lowest BCUT2D eigenvalue weighted by Crippen LogP contribution is -2.39. The van der Waals surface area contributed by atoms with Crippen LogP contribution in [-0.4, -0.2) is 50.7 Å². The van der Waals surface area contributed by atoms with E-state index in [9.17, 15) is 9.59 Å². The maximum Gasteiger partial charge on any atom is 0.241 e. The van der Waals surface area contributed by atoms with Crippen molar-refractivity contribution in [2.24, 2.45) is 11.5 Å². The zero-order valence-electron chi connectivity index (χ0n) is 19.6. The maximum absolute atomic E-state index is 12.5. The van der Waals surface area contributed by atoms with Gasteiger partial charge in [-0.05, 0) is 41.4 Å². The zero-order valence-corrected chi connectivity index (χ0v) is 21.2. The molecule has 0 saturated heterocycles. The summed E-state index contributed by atoms with van der Waals surface area (Å²) in [6.07, 6.45) is 1.46. The molecule has 12 heteroatoms. The van der Waals surface area contributed by atoms with E-state index in [4.69, 9.17) is 30.4 Å². The van der Waals surface area contributed by atoms with E-state index in [1.54, 1.807) is 39.7 Å². The van der Waals surface area contributed by atoms with E-state index in [1.807, 2.05) is 18.2 Å². The van der Waals surface area contributed by atoms with E-state index < -0.39 is 17.9 Å². The van der Waals surface area contributed by atoms with Crippen LogP contribution in [0.2, 0.25) is 0 Å². The molecule has 3 aromatic rings. The van der Waals surface area contributed by atoms with Gasteiger partial charge in [0.05, 0.1) is 51.5 Å². The number of hydrogen-bond acceptors (Lipinski definition) is 9. The summed E-state index contributed by atoms with van der Waals surface area (Å²) in [5.74, 6) is 0.734. The fraction of sp³-hybridized carbons (Fsp3) is 0.261. The van der Waals surface area contributed by atoms with E-state index >= 15 is 0 Å². The minimum Gasteiger partial charge on any atom is -0.495 e. The van der Waals surface area contributed by atoms with Gasteiger partial charge in [-0.2, -0.15) is 4.37 Å². The summed E-state index contributed by atoms with van der Waals surface area (Å²) in [5, 5.41) is 2.71. The molecule has 1 atom stereocenters. The van der Waals surface area contributed by atoms with Gasteiger partial charge in [0.1, 0.15) is 5.75 Å². The van der Waals surface area contributed by atoms with Crippen molar-refractivity contribution in [1.29, 1.82) is 0 Å². The monoisotopic (exact) mass is 522 g/mol. The predicted octanol–water partition coefficient (Wildman–Crippen LogP) is 3.07. The number of hydrogen-bond donors (Lipinski definition) is 3. The molecule has 0 saturated carbocycles. The van der Waals surface area contributed by atoms with Crippen molar-refractivity contribution in [3.63, 3.8) is 0 Å². The summed E-state index contributed by atoms with van der Waals surface area (Å²) in [4.78, 5) is 24.4. The lowest BCUT2D eigenvalue weighted by molar-refractivity contribution is -0.123. The molecule has 10 nitrogen and oxygen atoms in total. The highest BCUT2D eigenvalue weighted by Gasteiger charge is 2.21. The first-order valence-electron chi connectivity index (χ1n) is 10.1. The highest BCUT2D eigenvalue weighted by molar-refractivity contribution is 7.10. The van der Waals surface area contributed by atoms with Gasteiger partial charge in [-0.15, -0.1) is 12.4 Å². The number of carbonyl (C=O) groups excluding carboxylic acids is 2. The van der Waals surface area contributed by atoms with Crippen molar-refractivity contribution in [1.82, 2.24) is 4.37 Å². The average molecular weight is 523 g/mol. The van der Waals surface area contributed by atoms with Crippen LogP contribution in [0.25, 0.3) is 21.6 Å². The molecule has 2 aromatic carbocycles. The van der Waals surface area contributed by atoms with Gasteiger partial charge < -0.3 is 35.7 Å². The molecule has 0 fully saturated rings. The Morgan fingerprint density at radius 1 is 0.971 bits per heavy atom. The van der Waals surface area contributed by atoms with Crippen LogP contribution in [-0.2, 0) is 9.59 Å². The smallest absolute Gasteiger partial charge is 0.241 e. The van der Waals surface area contributed by atoms with Gasteiger partial charge in [-0.1, -0.05) is 6.07 Å². The molecular formula is C23H27ClN4O6S. The van der Waals surface area contributed by atoms with Crippen molar-refractivity contribution in [2.75, 3.05) is 33.8 Å². The summed E-state index contributed by atoms with van der Waals surface area (Å²) >= 11 is 1.30. The first kappa shape index (κ1) is 27.7. The third kappa shape index (κ3) is 6.13. The van der Waals surface area contributed by atoms with Crippen molar-refractivity contribution < 1.29 is 28.5 Å². The van der Waals surface area contributed by atoms with E-state index in [2.05, 4.69) is 9.69 Å². The summed E-state index contributed by atoms with van der Waals surface area (Å²) in [5.41, 5.74) is 13.7. The third-order valence-electron chi connectivity index (χ3n) is 5.02. The first-order valence-corrected chi connectivity index (χ1v) is 10.9. The number of ether oxygens (including phenoxy) is 4. The van der Waals surface area contributed by atoms with E-state index in [0.29, 0.717) is 28.7 Å². The molecule has 0 bridgehead atoms. The highest BCUT2D eigenvalue weighted by atomic mass is 35.5. The average Bonchev–Trinajstić information content (AvgIpc) is 3.32. The topological polar surface area (TPSA) is 148 Å². The number of amides is 2. The Kier molecular flexibility index (Phi) is 9.69. The maximum atomic E-state index is 12.5. The van der Waals surface area contributed by atoms with Gasteiger partial charge in [0.15, 0.2) is 11.5 Å². The predicted molar refractivity (Wildman–Crippen MR) is 137 cm³/mol. The number of nitrogens with two attached hydrogens (primary N) is 2. The fourth-order valence-corrected chi connectivity index (χ4v) is 4.13. The normalized spacial score (nSPS) is 11.1. The molecule has 1 aromatic heterocycles. The summed E-state index contributed by atoms with van der Waals surface area (Å²) in [6, 6.07) is 7.92. The van der Waals surface area contributed by atoms with Crippen molar-refractivity contribution in [2.45, 2.75) is 12.5 Å². The van der Waals surface area contributed by atoms with E-state index in [-0.39, 0.29) is 18.8 Å². The van der Waals surface area contributed by atoms with Gasteiger partial charge in [0, 0.05) is 17.3 Å². The van der Waals surface area contributed by atoms with Crippen LogP contribution in [0, 0.1) is 0 Å². The number of primary amides is 1. The van der Waals surface area contributed by atoms with Crippen molar-refractivity contribution >= 4 is 41.4 Å². The minimum absolute atomic E-state index is 0. The Labute approximate surface area is 213 Å². The quantitative estimate of drug-likeness (QED) is 0.368. The molecule has 0 aliphatic carbocycles. The Balaban J connectivity index is 0.00000432. The largest absolute Gasteiger partial charge is 0.495 e. The van der Waals surface area contributed by atoms with Crippen LogP contribution < -0.4 is 35.7 Å². The number of benzene rings is 2. The molecule has 0 aliphatic heterocycles. The molecule has 3 rings (SSSR count). The minimum atomic E-state index is -1.08. The molecule has 188 valence electrons. The summed E-state index contributed by atoms with van der Waals surface area (Å²) in [7, 11) is 6.13. The van der Waals surface area contributed by atoms with Crippen LogP contribution in [0.1, 0.15) is 6.42 Å². The molecule has 1 unspecified atom stereocenters. The van der Waals surface area contributed by atoms with Crippen molar-refractivity contribution in [3.8, 4) is 44.6 Å². The number of methoxy groups -OCH3 is 4. The van der Waals surface area contributed by atoms with Crippen LogP contribution >= 0.6 is 23.9 Å². The van der Waals surface area contributed by atoms with Gasteiger partial charge in [0.25, 0.3) is 0 Å². The van der Waals surface area contributed by atoms with Crippen LogP contribution in [0.3, 0.4) is 0 Å². The van der Waals surface area contributed by atoms with Crippen LogP contribution in [0.5, 0.6) is 23.0 Å². The third-order valence-corrected chi connectivity index (χ3v) is 5.87. The first-order chi connectivity index (χ1) is 16.3. The number of halogens is 1. The van der Waals surface area contributed by atoms with Crippen LogP contribution in [0.15, 0.2) is 36.5 Å². The Hall–Kier alpha value is -3.54. The number of nitrogens with one attached hydrogen (secondary N) is 1. The molecule has 35 heavy (non-hydrogen) atoms. The number of carbonyl (C=O) groups is 2. The summed E-state index contributed by atoms with van der Waals surface area (Å²) < 4.78 is 26.1. The molecular weight excluding hydrogens is 496 g/mol.